The van der Waals surface area contributed by atoms with Crippen LogP contribution in [0.1, 0.15) is 45.1 Å². The molecule has 1 amide bonds. The summed E-state index contributed by atoms with van der Waals surface area (Å²) in [4.78, 5) is 28.5. The van der Waals surface area contributed by atoms with Crippen molar-refractivity contribution < 1.29 is 14.3 Å². The van der Waals surface area contributed by atoms with Crippen LogP contribution in [-0.4, -0.2) is 39.9 Å². The zero-order valence-electron chi connectivity index (χ0n) is 12.4. The van der Waals surface area contributed by atoms with E-state index in [9.17, 15) is 9.59 Å². The van der Waals surface area contributed by atoms with Gasteiger partial charge in [0, 0.05) is 18.3 Å². The predicted octanol–water partition coefficient (Wildman–Crippen LogP) is 2.86. The fourth-order valence-electron chi connectivity index (χ4n) is 2.08. The van der Waals surface area contributed by atoms with Crippen molar-refractivity contribution in [1.82, 2.24) is 9.88 Å². The number of H-pyrrole nitrogens is 1. The number of carbonyl (C=O) groups excluding carboxylic acids is 2. The number of amides is 1. The molecule has 1 heterocycles. The van der Waals surface area contributed by atoms with Crippen molar-refractivity contribution in [2.75, 3.05) is 0 Å². The van der Waals surface area contributed by atoms with Crippen molar-refractivity contribution in [3.63, 3.8) is 0 Å². The van der Waals surface area contributed by atoms with Crippen LogP contribution in [0.4, 0.5) is 0 Å². The van der Waals surface area contributed by atoms with Gasteiger partial charge >= 0.3 is 5.97 Å². The van der Waals surface area contributed by atoms with Gasteiger partial charge in [-0.3, -0.25) is 4.79 Å². The van der Waals surface area contributed by atoms with Crippen LogP contribution in [0, 0.1) is 0 Å². The zero-order valence-corrected chi connectivity index (χ0v) is 13.2. The molecule has 5 nitrogen and oxygen atoms in total. The highest BCUT2D eigenvalue weighted by molar-refractivity contribution is 6.30. The molecule has 0 bridgehead atoms. The fraction of sp³-hybridized carbons (Fsp3) is 0.571. The zero-order chi connectivity index (χ0) is 15.4. The van der Waals surface area contributed by atoms with Gasteiger partial charge in [0.2, 0.25) is 0 Å². The lowest BCUT2D eigenvalue weighted by Gasteiger charge is -2.32. The number of halogens is 1. The third-order valence-electron chi connectivity index (χ3n) is 2.87. The molecule has 112 valence electrons. The lowest BCUT2D eigenvalue weighted by Crippen LogP contribution is -2.47. The molecular weight excluding hydrogens is 280 g/mol. The smallest absolute Gasteiger partial charge is 0.355 e. The lowest BCUT2D eigenvalue weighted by atomic mass is 10.2. The molecule has 0 aliphatic heterocycles. The summed E-state index contributed by atoms with van der Waals surface area (Å²) in [5.74, 6) is -0.800. The van der Waals surface area contributed by atoms with E-state index in [1.165, 1.54) is 12.3 Å². The van der Waals surface area contributed by atoms with Crippen LogP contribution < -0.4 is 0 Å². The van der Waals surface area contributed by atoms with Crippen LogP contribution >= 0.6 is 11.6 Å². The molecule has 1 aromatic heterocycles. The highest BCUT2D eigenvalue weighted by atomic mass is 35.5. The molecule has 1 aromatic rings. The van der Waals surface area contributed by atoms with E-state index in [1.54, 1.807) is 11.8 Å². The molecule has 0 unspecified atom stereocenters. The Morgan fingerprint density at radius 1 is 1.20 bits per heavy atom. The van der Waals surface area contributed by atoms with Crippen LogP contribution in [0.3, 0.4) is 0 Å². The van der Waals surface area contributed by atoms with E-state index < -0.39 is 12.1 Å². The van der Waals surface area contributed by atoms with Gasteiger partial charge in [-0.15, -0.1) is 0 Å². The molecular formula is C14H21ClN2O3. The van der Waals surface area contributed by atoms with E-state index in [0.717, 1.165) is 0 Å². The Hall–Kier alpha value is -1.49. The topological polar surface area (TPSA) is 62.4 Å². The van der Waals surface area contributed by atoms with Crippen LogP contribution in [0.15, 0.2) is 12.3 Å². The minimum absolute atomic E-state index is 0.0450. The first-order valence-electron chi connectivity index (χ1n) is 6.61. The summed E-state index contributed by atoms with van der Waals surface area (Å²) in [6, 6.07) is 1.55. The Morgan fingerprint density at radius 2 is 1.75 bits per heavy atom. The molecule has 0 aromatic carbocycles. The van der Waals surface area contributed by atoms with Gasteiger partial charge < -0.3 is 14.6 Å². The number of esters is 1. The van der Waals surface area contributed by atoms with E-state index in [-0.39, 0.29) is 23.7 Å². The Bertz CT molecular complexity index is 475. The van der Waals surface area contributed by atoms with Crippen molar-refractivity contribution in [3.05, 3.63) is 23.0 Å². The summed E-state index contributed by atoms with van der Waals surface area (Å²) in [7, 11) is 0. The van der Waals surface area contributed by atoms with Crippen molar-refractivity contribution in [3.8, 4) is 0 Å². The lowest BCUT2D eigenvalue weighted by molar-refractivity contribution is -0.143. The highest BCUT2D eigenvalue weighted by Gasteiger charge is 2.28. The van der Waals surface area contributed by atoms with Gasteiger partial charge in [0.1, 0.15) is 5.69 Å². The first kappa shape index (κ1) is 16.6. The minimum Gasteiger partial charge on any atom is -0.448 e. The normalized spacial score (nSPS) is 12.6. The number of aromatic amines is 1. The summed E-state index contributed by atoms with van der Waals surface area (Å²) < 4.78 is 5.17. The van der Waals surface area contributed by atoms with Gasteiger partial charge in [-0.05, 0) is 40.7 Å². The van der Waals surface area contributed by atoms with Crippen molar-refractivity contribution in [1.29, 1.82) is 0 Å². The maximum absolute atomic E-state index is 12.3. The van der Waals surface area contributed by atoms with Crippen LogP contribution in [0.25, 0.3) is 0 Å². The minimum atomic E-state index is -0.839. The van der Waals surface area contributed by atoms with E-state index in [1.807, 2.05) is 27.7 Å². The molecule has 0 aliphatic rings. The number of hydrogen-bond acceptors (Lipinski definition) is 3. The van der Waals surface area contributed by atoms with Gasteiger partial charge in [0.05, 0.1) is 5.02 Å². The summed E-state index contributed by atoms with van der Waals surface area (Å²) in [5.41, 5.74) is 0.232. The summed E-state index contributed by atoms with van der Waals surface area (Å²) in [6.07, 6.45) is 0.647. The standard InChI is InChI=1S/C14H21ClN2O3/c1-8(2)17(9(3)4)13(18)10(5)20-14(19)12-6-11(15)7-16-12/h6-10,16H,1-5H3/t10-/m1/s1. The molecule has 0 fully saturated rings. The molecule has 1 N–H and O–H groups in total. The number of rotatable bonds is 5. The van der Waals surface area contributed by atoms with Crippen LogP contribution in [0.2, 0.25) is 5.02 Å². The highest BCUT2D eigenvalue weighted by Crippen LogP contribution is 2.13. The summed E-state index contributed by atoms with van der Waals surface area (Å²) in [5, 5.41) is 0.418. The van der Waals surface area contributed by atoms with Gasteiger partial charge in [-0.2, -0.15) is 0 Å². The van der Waals surface area contributed by atoms with Gasteiger partial charge in [-0.1, -0.05) is 11.6 Å². The monoisotopic (exact) mass is 300 g/mol. The second-order valence-electron chi connectivity index (χ2n) is 5.21. The Balaban J connectivity index is 2.72. The quantitative estimate of drug-likeness (QED) is 0.851. The maximum atomic E-state index is 12.3. The summed E-state index contributed by atoms with van der Waals surface area (Å²) in [6.45, 7) is 9.28. The SMILES string of the molecule is CC(C)N(C(=O)[C@@H](C)OC(=O)c1cc(Cl)c[nH]1)C(C)C. The molecule has 0 radical (unpaired) electrons. The number of nitrogens with zero attached hydrogens (tertiary/aromatic N) is 1. The maximum Gasteiger partial charge on any atom is 0.355 e. The van der Waals surface area contributed by atoms with Gasteiger partial charge in [-0.25, -0.2) is 4.79 Å². The van der Waals surface area contributed by atoms with Crippen molar-refractivity contribution >= 4 is 23.5 Å². The Morgan fingerprint density at radius 3 is 2.15 bits per heavy atom. The largest absolute Gasteiger partial charge is 0.448 e. The van der Waals surface area contributed by atoms with E-state index in [0.29, 0.717) is 5.02 Å². The number of ether oxygens (including phenoxy) is 1. The average Bonchev–Trinajstić information content (AvgIpc) is 2.74. The number of hydrogen-bond donors (Lipinski definition) is 1. The molecule has 1 atom stereocenters. The van der Waals surface area contributed by atoms with E-state index in [4.69, 9.17) is 16.3 Å². The number of nitrogens with one attached hydrogen (secondary N) is 1. The third-order valence-corrected chi connectivity index (χ3v) is 3.08. The van der Waals surface area contributed by atoms with Gasteiger partial charge in [0.15, 0.2) is 6.10 Å². The number of aromatic nitrogens is 1. The molecule has 0 saturated carbocycles. The predicted molar refractivity (Wildman–Crippen MR) is 77.8 cm³/mol. The number of carbonyl (C=O) groups is 2. The van der Waals surface area contributed by atoms with Gasteiger partial charge in [0.25, 0.3) is 5.91 Å². The average molecular weight is 301 g/mol. The Kier molecular flexibility index (Phi) is 5.62. The second-order valence-corrected chi connectivity index (χ2v) is 5.65. The third kappa shape index (κ3) is 4.00. The van der Waals surface area contributed by atoms with Crippen molar-refractivity contribution in [2.24, 2.45) is 0 Å². The molecule has 1 rings (SSSR count). The molecule has 0 spiro atoms. The van der Waals surface area contributed by atoms with Crippen molar-refractivity contribution in [2.45, 2.75) is 52.8 Å². The van der Waals surface area contributed by atoms with Crippen LogP contribution in [-0.2, 0) is 9.53 Å². The fourth-order valence-corrected chi connectivity index (χ4v) is 2.24. The first-order valence-corrected chi connectivity index (χ1v) is 6.99. The Labute approximate surface area is 124 Å². The summed E-state index contributed by atoms with van der Waals surface area (Å²) >= 11 is 5.72. The van der Waals surface area contributed by atoms with Crippen LogP contribution in [0.5, 0.6) is 0 Å². The van der Waals surface area contributed by atoms with E-state index in [2.05, 4.69) is 4.98 Å². The first-order chi connectivity index (χ1) is 9.23. The second kappa shape index (κ2) is 6.79. The molecule has 6 heteroatoms. The molecule has 0 saturated heterocycles. The van der Waals surface area contributed by atoms with E-state index >= 15 is 0 Å². The molecule has 0 aliphatic carbocycles. The molecule has 20 heavy (non-hydrogen) atoms.